The van der Waals surface area contributed by atoms with Gasteiger partial charge in [-0.15, -0.1) is 0 Å². The topological polar surface area (TPSA) is 55.2 Å². The first-order valence-corrected chi connectivity index (χ1v) is 7.67. The van der Waals surface area contributed by atoms with E-state index in [1.807, 2.05) is 19.1 Å². The van der Waals surface area contributed by atoms with Gasteiger partial charge in [0.05, 0.1) is 4.92 Å². The highest BCUT2D eigenvalue weighted by Crippen LogP contribution is 2.30. The summed E-state index contributed by atoms with van der Waals surface area (Å²) in [7, 11) is 0. The van der Waals surface area contributed by atoms with Gasteiger partial charge in [-0.25, -0.2) is 0 Å². The van der Waals surface area contributed by atoms with Gasteiger partial charge in [-0.3, -0.25) is 10.1 Å². The maximum atomic E-state index is 11.1. The van der Waals surface area contributed by atoms with Crippen LogP contribution in [0.2, 0.25) is 0 Å². The second kappa shape index (κ2) is 6.73. The average molecular weight is 276 g/mol. The Balaban J connectivity index is 2.03. The predicted octanol–water partition coefficient (Wildman–Crippen LogP) is 4.54. The van der Waals surface area contributed by atoms with Crippen molar-refractivity contribution in [3.05, 3.63) is 33.9 Å². The van der Waals surface area contributed by atoms with Gasteiger partial charge in [0.15, 0.2) is 0 Å². The van der Waals surface area contributed by atoms with Crippen molar-refractivity contribution in [1.29, 1.82) is 0 Å². The molecule has 1 aliphatic rings. The fourth-order valence-corrected chi connectivity index (χ4v) is 3.07. The molecule has 0 aromatic heterocycles. The molecule has 1 fully saturated rings. The Bertz CT molecular complexity index is 466. The summed E-state index contributed by atoms with van der Waals surface area (Å²) in [5.41, 5.74) is 1.92. The largest absolute Gasteiger partial charge is 0.382 e. The van der Waals surface area contributed by atoms with E-state index >= 15 is 0 Å². The van der Waals surface area contributed by atoms with Crippen LogP contribution < -0.4 is 5.32 Å². The van der Waals surface area contributed by atoms with Gasteiger partial charge in [0.2, 0.25) is 0 Å². The first kappa shape index (κ1) is 14.8. The van der Waals surface area contributed by atoms with E-state index in [0.717, 1.165) is 17.2 Å². The van der Waals surface area contributed by atoms with E-state index in [-0.39, 0.29) is 10.6 Å². The highest BCUT2D eigenvalue weighted by Gasteiger charge is 2.20. The Labute approximate surface area is 120 Å². The second-order valence-corrected chi connectivity index (χ2v) is 5.72. The summed E-state index contributed by atoms with van der Waals surface area (Å²) in [4.78, 5) is 10.8. The van der Waals surface area contributed by atoms with Crippen molar-refractivity contribution in [3.8, 4) is 0 Å². The quantitative estimate of drug-likeness (QED) is 0.634. The van der Waals surface area contributed by atoms with Crippen LogP contribution in [0.15, 0.2) is 18.2 Å². The fraction of sp³-hybridized carbons (Fsp3) is 0.625. The predicted molar refractivity (Wildman–Crippen MR) is 82.1 cm³/mol. The van der Waals surface area contributed by atoms with Crippen molar-refractivity contribution in [1.82, 2.24) is 0 Å². The minimum Gasteiger partial charge on any atom is -0.382 e. The molecule has 0 atom stereocenters. The molecule has 4 nitrogen and oxygen atoms in total. The van der Waals surface area contributed by atoms with Crippen molar-refractivity contribution in [2.75, 3.05) is 5.32 Å². The van der Waals surface area contributed by atoms with Crippen LogP contribution in [0.25, 0.3) is 0 Å². The van der Waals surface area contributed by atoms with E-state index in [9.17, 15) is 10.1 Å². The third-order valence-electron chi connectivity index (χ3n) is 4.46. The monoisotopic (exact) mass is 276 g/mol. The molecule has 0 saturated heterocycles. The van der Waals surface area contributed by atoms with E-state index < -0.39 is 0 Å². The maximum absolute atomic E-state index is 11.1. The van der Waals surface area contributed by atoms with Gasteiger partial charge in [-0.1, -0.05) is 26.3 Å². The van der Waals surface area contributed by atoms with Gasteiger partial charge >= 0.3 is 0 Å². The molecule has 0 radical (unpaired) electrons. The minimum absolute atomic E-state index is 0.236. The van der Waals surface area contributed by atoms with E-state index in [4.69, 9.17) is 0 Å². The Morgan fingerprint density at radius 2 is 1.95 bits per heavy atom. The zero-order valence-corrected chi connectivity index (χ0v) is 12.4. The molecule has 0 aliphatic heterocycles. The SMILES string of the molecule is CCc1ccc(NC2CCC(CC)CC2)cc1[N+](=O)[O-]. The minimum atomic E-state index is -0.280. The summed E-state index contributed by atoms with van der Waals surface area (Å²) in [5.74, 6) is 0.866. The van der Waals surface area contributed by atoms with Crippen LogP contribution in [-0.4, -0.2) is 11.0 Å². The normalized spacial score (nSPS) is 22.5. The number of anilines is 1. The molecule has 0 unspecified atom stereocenters. The van der Waals surface area contributed by atoms with Gasteiger partial charge in [-0.2, -0.15) is 0 Å². The van der Waals surface area contributed by atoms with E-state index in [2.05, 4.69) is 12.2 Å². The summed E-state index contributed by atoms with van der Waals surface area (Å²) in [6.07, 6.45) is 6.83. The number of rotatable bonds is 5. The molecule has 0 bridgehead atoms. The third-order valence-corrected chi connectivity index (χ3v) is 4.46. The average Bonchev–Trinajstić information content (AvgIpc) is 2.48. The number of nitrogens with one attached hydrogen (secondary N) is 1. The van der Waals surface area contributed by atoms with E-state index in [1.54, 1.807) is 6.07 Å². The maximum Gasteiger partial charge on any atom is 0.274 e. The molecular weight excluding hydrogens is 252 g/mol. The molecule has 1 aromatic carbocycles. The lowest BCUT2D eigenvalue weighted by molar-refractivity contribution is -0.385. The molecule has 4 heteroatoms. The molecule has 1 aliphatic carbocycles. The van der Waals surface area contributed by atoms with Crippen LogP contribution in [0.1, 0.15) is 51.5 Å². The molecule has 1 N–H and O–H groups in total. The number of nitrogens with zero attached hydrogens (tertiary/aromatic N) is 1. The highest BCUT2D eigenvalue weighted by atomic mass is 16.6. The lowest BCUT2D eigenvalue weighted by Crippen LogP contribution is -2.25. The number of nitro benzene ring substituents is 1. The summed E-state index contributed by atoms with van der Waals surface area (Å²) >= 11 is 0. The Hall–Kier alpha value is -1.58. The van der Waals surface area contributed by atoms with E-state index in [0.29, 0.717) is 12.5 Å². The molecule has 20 heavy (non-hydrogen) atoms. The third kappa shape index (κ3) is 3.50. The Kier molecular flexibility index (Phi) is 4.99. The lowest BCUT2D eigenvalue weighted by Gasteiger charge is -2.29. The van der Waals surface area contributed by atoms with Gasteiger partial charge in [0.25, 0.3) is 5.69 Å². The van der Waals surface area contributed by atoms with Crippen LogP contribution in [0, 0.1) is 16.0 Å². The van der Waals surface area contributed by atoms with Crippen LogP contribution in [0.4, 0.5) is 11.4 Å². The van der Waals surface area contributed by atoms with Gasteiger partial charge in [0, 0.05) is 23.4 Å². The number of nitro groups is 1. The molecule has 0 heterocycles. The van der Waals surface area contributed by atoms with Crippen LogP contribution in [0.3, 0.4) is 0 Å². The second-order valence-electron chi connectivity index (χ2n) is 5.72. The van der Waals surface area contributed by atoms with Gasteiger partial charge in [0.1, 0.15) is 0 Å². The highest BCUT2D eigenvalue weighted by molar-refractivity contribution is 5.55. The van der Waals surface area contributed by atoms with Gasteiger partial charge in [-0.05, 0) is 44.1 Å². The van der Waals surface area contributed by atoms with Crippen molar-refractivity contribution < 1.29 is 4.92 Å². The summed E-state index contributed by atoms with van der Waals surface area (Å²) < 4.78 is 0. The van der Waals surface area contributed by atoms with Crippen molar-refractivity contribution >= 4 is 11.4 Å². The Morgan fingerprint density at radius 3 is 2.50 bits per heavy atom. The molecular formula is C16H24N2O2. The summed E-state index contributed by atoms with van der Waals surface area (Å²) in [6.45, 7) is 4.20. The number of hydrogen-bond acceptors (Lipinski definition) is 3. The standard InChI is InChI=1S/C16H24N2O2/c1-3-12-5-8-14(9-6-12)17-15-10-7-13(4-2)16(11-15)18(19)20/h7,10-12,14,17H,3-6,8-9H2,1-2H3. The first-order chi connectivity index (χ1) is 9.63. The summed E-state index contributed by atoms with van der Waals surface area (Å²) in [5, 5.41) is 14.6. The smallest absolute Gasteiger partial charge is 0.274 e. The van der Waals surface area contributed by atoms with Crippen LogP contribution >= 0.6 is 0 Å². The number of benzene rings is 1. The first-order valence-electron chi connectivity index (χ1n) is 7.67. The number of hydrogen-bond donors (Lipinski definition) is 1. The zero-order chi connectivity index (χ0) is 14.5. The zero-order valence-electron chi connectivity index (χ0n) is 12.4. The molecule has 2 rings (SSSR count). The van der Waals surface area contributed by atoms with Crippen molar-refractivity contribution in [3.63, 3.8) is 0 Å². The Morgan fingerprint density at radius 1 is 1.25 bits per heavy atom. The fourth-order valence-electron chi connectivity index (χ4n) is 3.07. The van der Waals surface area contributed by atoms with Crippen LogP contribution in [-0.2, 0) is 6.42 Å². The van der Waals surface area contributed by atoms with Crippen molar-refractivity contribution in [2.24, 2.45) is 5.92 Å². The van der Waals surface area contributed by atoms with Gasteiger partial charge < -0.3 is 5.32 Å². The summed E-state index contributed by atoms with van der Waals surface area (Å²) in [6, 6.07) is 5.99. The molecule has 1 aromatic rings. The van der Waals surface area contributed by atoms with Crippen LogP contribution in [0.5, 0.6) is 0 Å². The van der Waals surface area contributed by atoms with Crippen molar-refractivity contribution in [2.45, 2.75) is 58.4 Å². The number of aryl methyl sites for hydroxylation is 1. The lowest BCUT2D eigenvalue weighted by atomic mass is 9.84. The molecule has 110 valence electrons. The van der Waals surface area contributed by atoms with E-state index in [1.165, 1.54) is 32.1 Å². The molecule has 0 spiro atoms. The molecule has 1 saturated carbocycles. The molecule has 0 amide bonds.